The summed E-state index contributed by atoms with van der Waals surface area (Å²) in [6.45, 7) is 4.13. The maximum absolute atomic E-state index is 13.1. The van der Waals surface area contributed by atoms with Gasteiger partial charge in [0, 0.05) is 17.0 Å². The summed E-state index contributed by atoms with van der Waals surface area (Å²) in [5.74, 6) is -0.0454. The van der Waals surface area contributed by atoms with Crippen molar-refractivity contribution in [1.82, 2.24) is 9.94 Å². The van der Waals surface area contributed by atoms with Gasteiger partial charge in [-0.3, -0.25) is 4.79 Å². The Balaban J connectivity index is 1.86. The molecule has 0 saturated carbocycles. The Hall–Kier alpha value is -2.50. The fourth-order valence-electron chi connectivity index (χ4n) is 2.82. The molecule has 0 aliphatic rings. The first kappa shape index (κ1) is 20.2. The molecule has 0 bridgehead atoms. The van der Waals surface area contributed by atoms with Crippen LogP contribution in [0.1, 0.15) is 32.7 Å². The molecule has 1 aromatic heterocycles. The predicted octanol–water partition coefficient (Wildman–Crippen LogP) is 4.72. The quantitative estimate of drug-likeness (QED) is 0.521. The molecule has 146 valence electrons. The van der Waals surface area contributed by atoms with Gasteiger partial charge in [-0.25, -0.2) is 0 Å². The molecule has 7 heteroatoms. The van der Waals surface area contributed by atoms with Gasteiger partial charge in [0.1, 0.15) is 12.7 Å². The zero-order chi connectivity index (χ0) is 20.3. The van der Waals surface area contributed by atoms with E-state index in [2.05, 4.69) is 29.4 Å². The molecule has 0 atom stereocenters. The molecule has 0 spiro atoms. The summed E-state index contributed by atoms with van der Waals surface area (Å²) in [6, 6.07) is 13.0. The Bertz CT molecular complexity index is 998. The number of rotatable bonds is 7. The number of aryl methyl sites for hydroxylation is 2. The number of ether oxygens (including phenoxy) is 1. The van der Waals surface area contributed by atoms with E-state index in [1.54, 1.807) is 19.1 Å². The lowest BCUT2D eigenvalue weighted by Gasteiger charge is -2.10. The monoisotopic (exact) mass is 418 g/mol. The summed E-state index contributed by atoms with van der Waals surface area (Å²) in [5.41, 5.74) is 3.47. The molecule has 0 radical (unpaired) electrons. The van der Waals surface area contributed by atoms with Crippen molar-refractivity contribution in [3.8, 4) is 5.88 Å². The highest BCUT2D eigenvalue weighted by Gasteiger charge is 2.26. The van der Waals surface area contributed by atoms with Crippen LogP contribution in [0.15, 0.2) is 42.5 Å². The van der Waals surface area contributed by atoms with Gasteiger partial charge in [0.2, 0.25) is 5.78 Å². The van der Waals surface area contributed by atoms with E-state index in [1.807, 2.05) is 6.92 Å². The molecule has 2 aromatic carbocycles. The second-order valence-electron chi connectivity index (χ2n) is 6.36. The number of ketones is 1. The molecule has 0 amide bonds. The van der Waals surface area contributed by atoms with E-state index in [4.69, 9.17) is 32.8 Å². The van der Waals surface area contributed by atoms with Crippen molar-refractivity contribution in [2.75, 3.05) is 13.7 Å². The minimum Gasteiger partial charge on any atom is -0.475 e. The van der Waals surface area contributed by atoms with E-state index < -0.39 is 0 Å². The van der Waals surface area contributed by atoms with E-state index in [0.29, 0.717) is 34.9 Å². The molecule has 0 saturated heterocycles. The predicted molar refractivity (Wildman–Crippen MR) is 110 cm³/mol. The number of carbonyl (C=O) groups is 1. The van der Waals surface area contributed by atoms with Crippen LogP contribution in [0.5, 0.6) is 5.88 Å². The third kappa shape index (κ3) is 4.32. The number of carbonyl (C=O) groups excluding carboxylic acids is 1. The second kappa shape index (κ2) is 8.67. The normalized spacial score (nSPS) is 10.8. The highest BCUT2D eigenvalue weighted by molar-refractivity contribution is 6.37. The van der Waals surface area contributed by atoms with Gasteiger partial charge >= 0.3 is 0 Å². The molecule has 0 fully saturated rings. The smallest absolute Gasteiger partial charge is 0.262 e. The zero-order valence-corrected chi connectivity index (χ0v) is 17.3. The molecule has 5 nitrogen and oxygen atoms in total. The van der Waals surface area contributed by atoms with Crippen LogP contribution in [0, 0.1) is 13.8 Å². The van der Waals surface area contributed by atoms with E-state index in [0.717, 1.165) is 5.56 Å². The third-order valence-corrected chi connectivity index (χ3v) is 4.86. The standard InChI is InChI=1S/C21H20Cl2N2O3/c1-13-4-6-15(7-5-13)10-11-28-21-19(14(2)24-25(21)27-3)20(26)17-9-8-16(22)12-18(17)23/h4-9,12H,10-11H2,1-3H3. The molecular weight excluding hydrogens is 399 g/mol. The van der Waals surface area contributed by atoms with Crippen LogP contribution < -0.4 is 9.57 Å². The van der Waals surface area contributed by atoms with Crippen LogP contribution in [-0.2, 0) is 6.42 Å². The summed E-state index contributed by atoms with van der Waals surface area (Å²) in [7, 11) is 1.46. The summed E-state index contributed by atoms with van der Waals surface area (Å²) in [5, 5.41) is 4.97. The van der Waals surface area contributed by atoms with Crippen molar-refractivity contribution in [3.63, 3.8) is 0 Å². The van der Waals surface area contributed by atoms with Crippen LogP contribution in [0.3, 0.4) is 0 Å². The lowest BCUT2D eigenvalue weighted by Crippen LogP contribution is -2.14. The van der Waals surface area contributed by atoms with E-state index in [1.165, 1.54) is 23.6 Å². The maximum atomic E-state index is 13.1. The first-order chi connectivity index (χ1) is 13.4. The summed E-state index contributed by atoms with van der Waals surface area (Å²) < 4.78 is 5.91. The van der Waals surface area contributed by atoms with Gasteiger partial charge < -0.3 is 9.57 Å². The highest BCUT2D eigenvalue weighted by atomic mass is 35.5. The average molecular weight is 419 g/mol. The average Bonchev–Trinajstić information content (AvgIpc) is 2.98. The van der Waals surface area contributed by atoms with Crippen LogP contribution in [-0.4, -0.2) is 29.4 Å². The molecule has 3 rings (SSSR count). The molecule has 3 aromatic rings. The Morgan fingerprint density at radius 1 is 1.11 bits per heavy atom. The molecule has 28 heavy (non-hydrogen) atoms. The Kier molecular flexibility index (Phi) is 6.27. The van der Waals surface area contributed by atoms with Crippen LogP contribution in [0.25, 0.3) is 0 Å². The van der Waals surface area contributed by atoms with Crippen molar-refractivity contribution in [2.24, 2.45) is 0 Å². The lowest BCUT2D eigenvalue weighted by atomic mass is 10.0. The fraction of sp³-hybridized carbons (Fsp3) is 0.238. The van der Waals surface area contributed by atoms with Gasteiger partial charge in [0.05, 0.1) is 17.3 Å². The molecule has 0 aliphatic carbocycles. The summed E-state index contributed by atoms with van der Waals surface area (Å²) >= 11 is 12.1. The third-order valence-electron chi connectivity index (χ3n) is 4.32. The Labute approximate surface area is 173 Å². The Morgan fingerprint density at radius 3 is 2.46 bits per heavy atom. The van der Waals surface area contributed by atoms with Gasteiger partial charge in [-0.2, -0.15) is 0 Å². The van der Waals surface area contributed by atoms with Crippen LogP contribution in [0.2, 0.25) is 10.0 Å². The van der Waals surface area contributed by atoms with E-state index in [9.17, 15) is 4.79 Å². The number of hydrogen-bond donors (Lipinski definition) is 0. The van der Waals surface area contributed by atoms with Gasteiger partial charge in [-0.05, 0) is 37.6 Å². The van der Waals surface area contributed by atoms with Crippen molar-refractivity contribution in [2.45, 2.75) is 20.3 Å². The maximum Gasteiger partial charge on any atom is 0.262 e. The number of halogens is 2. The topological polar surface area (TPSA) is 53.4 Å². The number of nitrogens with zero attached hydrogens (tertiary/aromatic N) is 2. The number of aromatic nitrogens is 2. The van der Waals surface area contributed by atoms with E-state index in [-0.39, 0.29) is 16.7 Å². The van der Waals surface area contributed by atoms with Crippen molar-refractivity contribution in [3.05, 3.63) is 80.5 Å². The second-order valence-corrected chi connectivity index (χ2v) is 7.20. The first-order valence-corrected chi connectivity index (χ1v) is 9.48. The number of benzene rings is 2. The zero-order valence-electron chi connectivity index (χ0n) is 15.8. The fourth-order valence-corrected chi connectivity index (χ4v) is 3.32. The largest absolute Gasteiger partial charge is 0.475 e. The first-order valence-electron chi connectivity index (χ1n) is 8.73. The molecule has 0 unspecified atom stereocenters. The minimum atomic E-state index is -0.298. The number of hydrogen-bond acceptors (Lipinski definition) is 4. The van der Waals surface area contributed by atoms with Gasteiger partial charge in [-0.1, -0.05) is 57.9 Å². The molecule has 1 heterocycles. The van der Waals surface area contributed by atoms with Crippen molar-refractivity contribution < 1.29 is 14.4 Å². The van der Waals surface area contributed by atoms with Crippen LogP contribution in [0.4, 0.5) is 0 Å². The van der Waals surface area contributed by atoms with E-state index >= 15 is 0 Å². The molecule has 0 N–H and O–H groups in total. The summed E-state index contributed by atoms with van der Waals surface area (Å²) in [4.78, 5) is 19.5. The lowest BCUT2D eigenvalue weighted by molar-refractivity contribution is 0.0958. The Morgan fingerprint density at radius 2 is 1.82 bits per heavy atom. The molecule has 0 aliphatic heterocycles. The SMILES string of the molecule is COn1nc(C)c(C(=O)c2ccc(Cl)cc2Cl)c1OCCc1ccc(C)cc1. The van der Waals surface area contributed by atoms with Crippen molar-refractivity contribution >= 4 is 29.0 Å². The van der Waals surface area contributed by atoms with Crippen LogP contribution >= 0.6 is 23.2 Å². The summed E-state index contributed by atoms with van der Waals surface area (Å²) in [6.07, 6.45) is 0.684. The van der Waals surface area contributed by atoms with Gasteiger partial charge in [0.15, 0.2) is 0 Å². The minimum absolute atomic E-state index is 0.253. The van der Waals surface area contributed by atoms with Gasteiger partial charge in [-0.15, -0.1) is 5.10 Å². The van der Waals surface area contributed by atoms with Gasteiger partial charge in [0.25, 0.3) is 5.88 Å². The van der Waals surface area contributed by atoms with Crippen molar-refractivity contribution in [1.29, 1.82) is 0 Å². The molecular formula is C21H20Cl2N2O3. The highest BCUT2D eigenvalue weighted by Crippen LogP contribution is 2.29.